The smallest absolute Gasteiger partial charge is 0.223 e. The van der Waals surface area contributed by atoms with Gasteiger partial charge in [-0.05, 0) is 11.4 Å². The minimum atomic E-state index is -0.416. The quantitative estimate of drug-likeness (QED) is 0.704. The van der Waals surface area contributed by atoms with E-state index in [1.807, 2.05) is 11.4 Å². The topological polar surface area (TPSA) is 78.3 Å². The lowest BCUT2D eigenvalue weighted by atomic mass is 10.3. The molecule has 5 nitrogen and oxygen atoms in total. The van der Waals surface area contributed by atoms with E-state index in [0.29, 0.717) is 5.95 Å². The fourth-order valence-corrected chi connectivity index (χ4v) is 1.86. The van der Waals surface area contributed by atoms with Gasteiger partial charge in [-0.3, -0.25) is 0 Å². The van der Waals surface area contributed by atoms with E-state index in [4.69, 9.17) is 10.2 Å². The molecule has 0 saturated carbocycles. The maximum atomic E-state index is 8.88. The number of rotatable bonds is 4. The minimum absolute atomic E-state index is 0.151. The normalized spacial score (nSPS) is 11.1. The number of thiophene rings is 1. The number of fused-ring (bicyclic) bond motifs is 1. The van der Waals surface area contributed by atoms with Crippen LogP contribution in [-0.2, 0) is 0 Å². The number of hydrogen-bond donors (Lipinski definition) is 3. The third-order valence-electron chi connectivity index (χ3n) is 1.98. The highest BCUT2D eigenvalue weighted by Crippen LogP contribution is 2.18. The molecular weight excluding hydrogens is 214 g/mol. The van der Waals surface area contributed by atoms with Crippen LogP contribution in [0, 0.1) is 0 Å². The molecule has 0 fully saturated rings. The van der Waals surface area contributed by atoms with Crippen LogP contribution in [0.1, 0.15) is 0 Å². The highest BCUT2D eigenvalue weighted by molar-refractivity contribution is 7.17. The van der Waals surface area contributed by atoms with E-state index >= 15 is 0 Å². The van der Waals surface area contributed by atoms with Crippen LogP contribution in [0.2, 0.25) is 0 Å². The van der Waals surface area contributed by atoms with Crippen molar-refractivity contribution in [1.82, 2.24) is 9.97 Å². The fraction of sp³-hybridized carbons (Fsp3) is 0.333. The molecule has 0 radical (unpaired) electrons. The first-order valence-electron chi connectivity index (χ1n) is 4.52. The van der Waals surface area contributed by atoms with Gasteiger partial charge in [0.2, 0.25) is 5.95 Å². The molecule has 2 aromatic heterocycles. The summed E-state index contributed by atoms with van der Waals surface area (Å²) in [6.45, 7) is -0.303. The van der Waals surface area contributed by atoms with E-state index in [-0.39, 0.29) is 13.2 Å². The van der Waals surface area contributed by atoms with Crippen molar-refractivity contribution in [2.24, 2.45) is 0 Å². The van der Waals surface area contributed by atoms with Crippen molar-refractivity contribution in [3.05, 3.63) is 17.6 Å². The molecule has 80 valence electrons. The molecule has 15 heavy (non-hydrogen) atoms. The first kappa shape index (κ1) is 10.3. The van der Waals surface area contributed by atoms with Gasteiger partial charge in [-0.25, -0.2) is 9.97 Å². The molecule has 0 amide bonds. The summed E-state index contributed by atoms with van der Waals surface area (Å²) in [4.78, 5) is 8.32. The Labute approximate surface area is 90.4 Å². The zero-order chi connectivity index (χ0) is 10.7. The Balaban J connectivity index is 2.20. The predicted octanol–water partition coefficient (Wildman–Crippen LogP) is 0.456. The van der Waals surface area contributed by atoms with Gasteiger partial charge in [0, 0.05) is 0 Å². The van der Waals surface area contributed by atoms with Crippen LogP contribution in [0.3, 0.4) is 0 Å². The van der Waals surface area contributed by atoms with E-state index in [0.717, 1.165) is 10.2 Å². The van der Waals surface area contributed by atoms with Crippen LogP contribution in [0.4, 0.5) is 5.95 Å². The Morgan fingerprint density at radius 1 is 1.40 bits per heavy atom. The van der Waals surface area contributed by atoms with Crippen LogP contribution in [-0.4, -0.2) is 39.4 Å². The molecule has 0 spiro atoms. The van der Waals surface area contributed by atoms with Gasteiger partial charge in [-0.1, -0.05) is 0 Å². The molecule has 0 aliphatic rings. The third kappa shape index (κ3) is 2.23. The molecular formula is C9H11N3O2S. The summed E-state index contributed by atoms with van der Waals surface area (Å²) in [5, 5.41) is 22.6. The molecule has 3 N–H and O–H groups in total. The molecule has 0 saturated heterocycles. The van der Waals surface area contributed by atoms with E-state index in [1.165, 1.54) is 0 Å². The van der Waals surface area contributed by atoms with E-state index < -0.39 is 6.04 Å². The maximum absolute atomic E-state index is 8.88. The summed E-state index contributed by atoms with van der Waals surface area (Å²) in [5.74, 6) is 0.425. The second kappa shape index (κ2) is 4.52. The summed E-state index contributed by atoms with van der Waals surface area (Å²) in [6, 6.07) is 1.49. The van der Waals surface area contributed by atoms with E-state index in [2.05, 4.69) is 15.3 Å². The molecule has 2 rings (SSSR count). The first-order chi connectivity index (χ1) is 7.33. The number of aromatic nitrogens is 2. The summed E-state index contributed by atoms with van der Waals surface area (Å²) in [7, 11) is 0. The van der Waals surface area contributed by atoms with Crippen LogP contribution in [0.15, 0.2) is 17.6 Å². The van der Waals surface area contributed by atoms with Crippen molar-refractivity contribution in [3.63, 3.8) is 0 Å². The third-order valence-corrected chi connectivity index (χ3v) is 2.82. The van der Waals surface area contributed by atoms with E-state index in [9.17, 15) is 0 Å². The first-order valence-corrected chi connectivity index (χ1v) is 5.40. The van der Waals surface area contributed by atoms with Crippen molar-refractivity contribution in [1.29, 1.82) is 0 Å². The number of nitrogens with zero attached hydrogens (tertiary/aromatic N) is 2. The molecule has 0 unspecified atom stereocenters. The molecule has 2 heterocycles. The Bertz CT molecular complexity index is 442. The van der Waals surface area contributed by atoms with Gasteiger partial charge >= 0.3 is 0 Å². The molecule has 0 bridgehead atoms. The Morgan fingerprint density at radius 3 is 2.93 bits per heavy atom. The number of nitrogens with one attached hydrogen (secondary N) is 1. The lowest BCUT2D eigenvalue weighted by Crippen LogP contribution is -2.28. The Kier molecular flexibility index (Phi) is 3.10. The highest BCUT2D eigenvalue weighted by atomic mass is 32.1. The van der Waals surface area contributed by atoms with Gasteiger partial charge in [0.1, 0.15) is 0 Å². The lowest BCUT2D eigenvalue weighted by molar-refractivity contribution is 0.203. The van der Waals surface area contributed by atoms with Gasteiger partial charge in [0.15, 0.2) is 0 Å². The summed E-state index contributed by atoms with van der Waals surface area (Å²) < 4.78 is 1.02. The standard InChI is InChI=1S/C9H11N3O2S/c13-4-6(5-14)11-9-10-3-8-7(12-9)1-2-15-8/h1-3,6,13-14H,4-5H2,(H,10,11,12). The van der Waals surface area contributed by atoms with Crippen LogP contribution in [0.5, 0.6) is 0 Å². The summed E-state index contributed by atoms with van der Waals surface area (Å²) in [6.07, 6.45) is 1.72. The predicted molar refractivity (Wildman–Crippen MR) is 59.0 cm³/mol. The SMILES string of the molecule is OCC(CO)Nc1ncc2sccc2n1. The van der Waals surface area contributed by atoms with Crippen molar-refractivity contribution >= 4 is 27.5 Å². The van der Waals surface area contributed by atoms with Crippen molar-refractivity contribution in [2.45, 2.75) is 6.04 Å². The van der Waals surface area contributed by atoms with Crippen molar-refractivity contribution < 1.29 is 10.2 Å². The zero-order valence-corrected chi connectivity index (χ0v) is 8.74. The highest BCUT2D eigenvalue weighted by Gasteiger charge is 2.07. The summed E-state index contributed by atoms with van der Waals surface area (Å²) in [5.41, 5.74) is 0.868. The monoisotopic (exact) mass is 225 g/mol. The van der Waals surface area contributed by atoms with Gasteiger partial charge in [-0.15, -0.1) is 11.3 Å². The minimum Gasteiger partial charge on any atom is -0.394 e. The lowest BCUT2D eigenvalue weighted by Gasteiger charge is -2.12. The van der Waals surface area contributed by atoms with Gasteiger partial charge in [0.25, 0.3) is 0 Å². The fourth-order valence-electron chi connectivity index (χ4n) is 1.17. The average Bonchev–Trinajstić information content (AvgIpc) is 2.73. The van der Waals surface area contributed by atoms with Gasteiger partial charge in [-0.2, -0.15) is 0 Å². The van der Waals surface area contributed by atoms with E-state index in [1.54, 1.807) is 17.5 Å². The van der Waals surface area contributed by atoms with Gasteiger partial charge < -0.3 is 15.5 Å². The van der Waals surface area contributed by atoms with Crippen molar-refractivity contribution in [3.8, 4) is 0 Å². The molecule has 0 aromatic carbocycles. The zero-order valence-electron chi connectivity index (χ0n) is 7.92. The van der Waals surface area contributed by atoms with Crippen LogP contribution in [0.25, 0.3) is 10.2 Å². The van der Waals surface area contributed by atoms with Crippen molar-refractivity contribution in [2.75, 3.05) is 18.5 Å². The molecule has 0 aliphatic heterocycles. The Morgan fingerprint density at radius 2 is 2.20 bits per heavy atom. The van der Waals surface area contributed by atoms with Crippen LogP contribution >= 0.6 is 11.3 Å². The van der Waals surface area contributed by atoms with Gasteiger partial charge in [0.05, 0.1) is 35.7 Å². The largest absolute Gasteiger partial charge is 0.394 e. The molecule has 6 heteroatoms. The molecule has 0 atom stereocenters. The number of aliphatic hydroxyl groups is 2. The van der Waals surface area contributed by atoms with Crippen LogP contribution < -0.4 is 5.32 Å². The maximum Gasteiger partial charge on any atom is 0.223 e. The number of hydrogen-bond acceptors (Lipinski definition) is 6. The number of aliphatic hydroxyl groups excluding tert-OH is 2. The average molecular weight is 225 g/mol. The molecule has 0 aliphatic carbocycles. The second-order valence-electron chi connectivity index (χ2n) is 3.07. The summed E-state index contributed by atoms with van der Waals surface area (Å²) >= 11 is 1.57. The Hall–Kier alpha value is -1.24. The molecule has 2 aromatic rings. The number of anilines is 1. The second-order valence-corrected chi connectivity index (χ2v) is 4.02.